The molecule has 5 heteroatoms. The highest BCUT2D eigenvalue weighted by atomic mass is 16.7. The van der Waals surface area contributed by atoms with Gasteiger partial charge in [-0.1, -0.05) is 13.0 Å². The van der Waals surface area contributed by atoms with Gasteiger partial charge in [0.1, 0.15) is 11.4 Å². The molecule has 0 amide bonds. The topological polar surface area (TPSA) is 65.0 Å². The Bertz CT molecular complexity index is 836. The minimum absolute atomic E-state index is 0.0348. The van der Waals surface area contributed by atoms with Gasteiger partial charge in [-0.3, -0.25) is 4.79 Å². The smallest absolute Gasteiger partial charge is 0.219 e. The average Bonchev–Trinajstić information content (AvgIpc) is 3.16. The summed E-state index contributed by atoms with van der Waals surface area (Å²) >= 11 is 0. The Labute approximate surface area is 185 Å². The molecule has 170 valence electrons. The van der Waals surface area contributed by atoms with Gasteiger partial charge in [-0.25, -0.2) is 0 Å². The van der Waals surface area contributed by atoms with E-state index in [4.69, 9.17) is 14.2 Å². The van der Waals surface area contributed by atoms with Gasteiger partial charge in [-0.15, -0.1) is 0 Å². The van der Waals surface area contributed by atoms with Crippen LogP contribution in [0.25, 0.3) is 0 Å². The predicted octanol–water partition coefficient (Wildman–Crippen LogP) is 4.29. The van der Waals surface area contributed by atoms with Crippen molar-refractivity contribution >= 4 is 5.78 Å². The highest BCUT2D eigenvalue weighted by molar-refractivity contribution is 5.80. The van der Waals surface area contributed by atoms with E-state index in [1.165, 1.54) is 0 Å². The Morgan fingerprint density at radius 1 is 1.10 bits per heavy atom. The SMILES string of the molecule is CC(=O)[C@H]1CC[C@]2(O)[C@@]34CC[C@H]5C[C@@H](OC6C=CC=CO6)CC[C@]5(CO3)[C@H]4CC[C@]12C. The Morgan fingerprint density at radius 3 is 2.74 bits per heavy atom. The summed E-state index contributed by atoms with van der Waals surface area (Å²) in [5.74, 6) is 1.18. The van der Waals surface area contributed by atoms with E-state index in [2.05, 4.69) is 6.92 Å². The van der Waals surface area contributed by atoms with Crippen LogP contribution in [0.15, 0.2) is 24.5 Å². The Balaban J connectivity index is 1.26. The third kappa shape index (κ3) is 2.46. The predicted molar refractivity (Wildman–Crippen MR) is 115 cm³/mol. The van der Waals surface area contributed by atoms with E-state index in [1.54, 1.807) is 13.2 Å². The molecular weight excluding hydrogens is 392 g/mol. The van der Waals surface area contributed by atoms with Gasteiger partial charge < -0.3 is 19.3 Å². The fraction of sp³-hybridized carbons (Fsp3) is 0.808. The molecular formula is C26H36O5. The fourth-order valence-corrected chi connectivity index (χ4v) is 9.23. The molecule has 4 saturated carbocycles. The van der Waals surface area contributed by atoms with Gasteiger partial charge >= 0.3 is 0 Å². The molecule has 2 aliphatic heterocycles. The molecule has 1 saturated heterocycles. The summed E-state index contributed by atoms with van der Waals surface area (Å²) in [6.07, 6.45) is 16.2. The first-order valence-corrected chi connectivity index (χ1v) is 12.4. The monoisotopic (exact) mass is 428 g/mol. The molecule has 0 aromatic heterocycles. The van der Waals surface area contributed by atoms with Gasteiger partial charge in [0.15, 0.2) is 0 Å². The number of fused-ring (bicyclic) bond motifs is 1. The summed E-state index contributed by atoms with van der Waals surface area (Å²) in [5, 5.41) is 12.3. The lowest BCUT2D eigenvalue weighted by Crippen LogP contribution is -2.70. The van der Waals surface area contributed by atoms with Crippen LogP contribution in [0.4, 0.5) is 0 Å². The molecule has 6 aliphatic rings. The second-order valence-electron chi connectivity index (χ2n) is 11.5. The summed E-state index contributed by atoms with van der Waals surface area (Å²) in [7, 11) is 0. The first-order chi connectivity index (χ1) is 14.8. The highest BCUT2D eigenvalue weighted by Gasteiger charge is 2.78. The molecule has 1 N–H and O–H groups in total. The van der Waals surface area contributed by atoms with Crippen LogP contribution in [0.2, 0.25) is 0 Å². The van der Waals surface area contributed by atoms with Gasteiger partial charge in [0.05, 0.1) is 24.6 Å². The second kappa shape index (κ2) is 6.68. The van der Waals surface area contributed by atoms with E-state index >= 15 is 0 Å². The van der Waals surface area contributed by atoms with Crippen LogP contribution >= 0.6 is 0 Å². The van der Waals surface area contributed by atoms with Crippen LogP contribution in [0.1, 0.15) is 71.6 Å². The molecule has 1 spiro atoms. The van der Waals surface area contributed by atoms with Crippen molar-refractivity contribution in [2.75, 3.05) is 6.61 Å². The average molecular weight is 429 g/mol. The van der Waals surface area contributed by atoms with Crippen molar-refractivity contribution in [2.24, 2.45) is 28.6 Å². The van der Waals surface area contributed by atoms with E-state index in [0.29, 0.717) is 18.3 Å². The largest absolute Gasteiger partial charge is 0.469 e. The van der Waals surface area contributed by atoms with E-state index in [0.717, 1.165) is 58.0 Å². The lowest BCUT2D eigenvalue weighted by molar-refractivity contribution is -0.261. The number of carbonyl (C=O) groups is 1. The number of ether oxygens (including phenoxy) is 3. The maximum absolute atomic E-state index is 12.5. The van der Waals surface area contributed by atoms with Crippen LogP contribution in [-0.2, 0) is 19.0 Å². The fourth-order valence-electron chi connectivity index (χ4n) is 9.23. The molecule has 4 aliphatic carbocycles. The number of hydrogen-bond donors (Lipinski definition) is 1. The molecule has 0 aromatic carbocycles. The van der Waals surface area contributed by atoms with Gasteiger partial charge in [-0.2, -0.15) is 0 Å². The molecule has 1 unspecified atom stereocenters. The molecule has 31 heavy (non-hydrogen) atoms. The summed E-state index contributed by atoms with van der Waals surface area (Å²) in [6.45, 7) is 4.65. The highest BCUT2D eigenvalue weighted by Crippen LogP contribution is 2.74. The van der Waals surface area contributed by atoms with Crippen molar-refractivity contribution in [3.8, 4) is 0 Å². The number of Topliss-reactive ketones (excluding diaryl/α,β-unsaturated/α-hetero) is 1. The quantitative estimate of drug-likeness (QED) is 0.726. The number of ketones is 1. The minimum atomic E-state index is -0.881. The lowest BCUT2D eigenvalue weighted by atomic mass is 9.42. The molecule has 9 atom stereocenters. The Kier molecular flexibility index (Phi) is 4.40. The molecule has 0 radical (unpaired) electrons. The van der Waals surface area contributed by atoms with Crippen molar-refractivity contribution in [2.45, 2.75) is 95.2 Å². The number of allylic oxidation sites excluding steroid dienone is 2. The van der Waals surface area contributed by atoms with Crippen molar-refractivity contribution in [1.82, 2.24) is 0 Å². The lowest BCUT2D eigenvalue weighted by Gasteiger charge is -2.64. The Morgan fingerprint density at radius 2 is 1.97 bits per heavy atom. The van der Waals surface area contributed by atoms with E-state index < -0.39 is 11.2 Å². The standard InChI is InChI=1S/C26H36O5/c1-17(27)20-8-13-26(28)23(20,2)10-9-21-24-11-7-19(31-22-5-3-4-14-29-22)15-18(24)6-12-25(21,26)30-16-24/h3-5,14,18-22,28H,6-13,15-16H2,1-2H3/t18-,19-,20+,21+,22?,23+,24+,25-,26+/m0/s1. The van der Waals surface area contributed by atoms with Crippen LogP contribution in [0, 0.1) is 28.6 Å². The summed E-state index contributed by atoms with van der Waals surface area (Å²) in [5.41, 5.74) is -1.54. The van der Waals surface area contributed by atoms with Gasteiger partial charge in [0.2, 0.25) is 6.29 Å². The zero-order valence-electron chi connectivity index (χ0n) is 18.8. The molecule has 5 fully saturated rings. The van der Waals surface area contributed by atoms with Gasteiger partial charge in [-0.05, 0) is 88.7 Å². The summed E-state index contributed by atoms with van der Waals surface area (Å²) in [4.78, 5) is 12.5. The van der Waals surface area contributed by atoms with Crippen molar-refractivity contribution in [1.29, 1.82) is 0 Å². The van der Waals surface area contributed by atoms with Crippen LogP contribution < -0.4 is 0 Å². The van der Waals surface area contributed by atoms with Crippen LogP contribution in [0.3, 0.4) is 0 Å². The number of aliphatic hydroxyl groups is 1. The van der Waals surface area contributed by atoms with Crippen molar-refractivity contribution < 1.29 is 24.1 Å². The molecule has 5 nitrogen and oxygen atoms in total. The van der Waals surface area contributed by atoms with Crippen LogP contribution in [0.5, 0.6) is 0 Å². The zero-order chi connectivity index (χ0) is 21.5. The maximum Gasteiger partial charge on any atom is 0.219 e. The van der Waals surface area contributed by atoms with Gasteiger partial charge in [0, 0.05) is 16.7 Å². The molecule has 2 bridgehead atoms. The number of rotatable bonds is 3. The van der Waals surface area contributed by atoms with E-state index in [1.807, 2.05) is 18.2 Å². The molecule has 2 heterocycles. The normalized spacial score (nSPS) is 54.6. The van der Waals surface area contributed by atoms with E-state index in [-0.39, 0.29) is 34.9 Å². The van der Waals surface area contributed by atoms with Crippen LogP contribution in [-0.4, -0.2) is 41.1 Å². The number of hydrogen-bond acceptors (Lipinski definition) is 5. The third-order valence-corrected chi connectivity index (χ3v) is 10.7. The zero-order valence-corrected chi connectivity index (χ0v) is 18.8. The van der Waals surface area contributed by atoms with Crippen molar-refractivity contribution in [3.05, 3.63) is 24.5 Å². The minimum Gasteiger partial charge on any atom is -0.469 e. The first kappa shape index (κ1) is 20.4. The summed E-state index contributed by atoms with van der Waals surface area (Å²) in [6, 6.07) is 0. The van der Waals surface area contributed by atoms with Crippen molar-refractivity contribution in [3.63, 3.8) is 0 Å². The van der Waals surface area contributed by atoms with E-state index in [9.17, 15) is 9.90 Å². The third-order valence-electron chi connectivity index (χ3n) is 10.7. The Hall–Kier alpha value is -1.17. The number of carbonyl (C=O) groups excluding carboxylic acids is 1. The first-order valence-electron chi connectivity index (χ1n) is 12.4. The summed E-state index contributed by atoms with van der Waals surface area (Å²) < 4.78 is 18.6. The van der Waals surface area contributed by atoms with Gasteiger partial charge in [0.25, 0.3) is 0 Å². The molecule has 0 aromatic rings. The molecule has 6 rings (SSSR count). The maximum atomic E-state index is 12.5. The second-order valence-corrected chi connectivity index (χ2v) is 11.5.